The van der Waals surface area contributed by atoms with E-state index >= 15 is 0 Å². The minimum atomic E-state index is -0.440. The highest BCUT2D eigenvalue weighted by atomic mass is 32.2. The van der Waals surface area contributed by atoms with Crippen LogP contribution in [0.5, 0.6) is 0 Å². The molecule has 0 saturated carbocycles. The van der Waals surface area contributed by atoms with Crippen LogP contribution in [0, 0.1) is 24.0 Å². The summed E-state index contributed by atoms with van der Waals surface area (Å²) in [7, 11) is 0. The highest BCUT2D eigenvalue weighted by molar-refractivity contribution is 8.00. The Bertz CT molecular complexity index is 1020. The average Bonchev–Trinajstić information content (AvgIpc) is 3.00. The summed E-state index contributed by atoms with van der Waals surface area (Å²) in [6, 6.07) is 16.1. The van der Waals surface area contributed by atoms with Crippen molar-refractivity contribution in [3.05, 3.63) is 81.7 Å². The molecule has 7 nitrogen and oxygen atoms in total. The van der Waals surface area contributed by atoms with Crippen molar-refractivity contribution < 1.29 is 9.72 Å². The summed E-state index contributed by atoms with van der Waals surface area (Å²) in [5, 5.41) is 18.0. The lowest BCUT2D eigenvalue weighted by molar-refractivity contribution is -0.384. The Morgan fingerprint density at radius 3 is 2.45 bits per heavy atom. The largest absolute Gasteiger partial charge is 0.351 e. The fourth-order valence-corrected chi connectivity index (χ4v) is 3.87. The van der Waals surface area contributed by atoms with E-state index in [-0.39, 0.29) is 16.8 Å². The first-order valence-corrected chi connectivity index (χ1v) is 10.0. The number of rotatable bonds is 7. The van der Waals surface area contributed by atoms with Crippen LogP contribution in [0.2, 0.25) is 0 Å². The van der Waals surface area contributed by atoms with Crippen LogP contribution in [0.25, 0.3) is 5.69 Å². The number of nitrogens with one attached hydrogen (secondary N) is 1. The molecule has 3 rings (SSSR count). The van der Waals surface area contributed by atoms with Crippen LogP contribution in [0.4, 0.5) is 5.69 Å². The zero-order valence-electron chi connectivity index (χ0n) is 16.5. The lowest BCUT2D eigenvalue weighted by Gasteiger charge is -2.12. The third-order valence-corrected chi connectivity index (χ3v) is 5.72. The third kappa shape index (κ3) is 4.83. The number of para-hydroxylation sites is 1. The molecule has 0 aliphatic heterocycles. The van der Waals surface area contributed by atoms with Crippen molar-refractivity contribution >= 4 is 23.4 Å². The maximum Gasteiger partial charge on any atom is 0.269 e. The van der Waals surface area contributed by atoms with Gasteiger partial charge in [0.25, 0.3) is 5.69 Å². The molecule has 3 aromatic rings. The summed E-state index contributed by atoms with van der Waals surface area (Å²) < 4.78 is 1.88. The molecule has 0 spiro atoms. The summed E-state index contributed by atoms with van der Waals surface area (Å²) in [6.45, 7) is 6.13. The number of hydrogen-bond acceptors (Lipinski definition) is 5. The van der Waals surface area contributed by atoms with E-state index in [1.165, 1.54) is 23.9 Å². The summed E-state index contributed by atoms with van der Waals surface area (Å²) in [4.78, 5) is 23.6. The molecular formula is C21H22N4O3S. The van der Waals surface area contributed by atoms with Gasteiger partial charge in [-0.3, -0.25) is 14.9 Å². The molecule has 1 N–H and O–H groups in total. The quantitative estimate of drug-likeness (QED) is 0.358. The molecule has 0 radical (unpaired) electrons. The molecule has 0 bridgehead atoms. The lowest BCUT2D eigenvalue weighted by Crippen LogP contribution is -2.30. The molecule has 0 aliphatic rings. The van der Waals surface area contributed by atoms with E-state index in [2.05, 4.69) is 10.4 Å². The first-order valence-electron chi connectivity index (χ1n) is 9.16. The molecule has 150 valence electrons. The highest BCUT2D eigenvalue weighted by Gasteiger charge is 2.18. The van der Waals surface area contributed by atoms with Crippen LogP contribution in [0.15, 0.2) is 59.5 Å². The van der Waals surface area contributed by atoms with Gasteiger partial charge < -0.3 is 5.32 Å². The van der Waals surface area contributed by atoms with Crippen LogP contribution >= 0.6 is 11.8 Å². The van der Waals surface area contributed by atoms with Gasteiger partial charge in [0.15, 0.2) is 0 Å². The van der Waals surface area contributed by atoms with Crippen LogP contribution in [0.1, 0.15) is 23.9 Å². The smallest absolute Gasteiger partial charge is 0.269 e. The minimum absolute atomic E-state index is 0.0350. The number of amides is 1. The molecular weight excluding hydrogens is 388 g/mol. The van der Waals surface area contributed by atoms with Crippen molar-refractivity contribution in [2.45, 2.75) is 37.5 Å². The molecule has 1 heterocycles. The molecule has 1 aromatic heterocycles. The van der Waals surface area contributed by atoms with Crippen molar-refractivity contribution in [1.29, 1.82) is 0 Å². The maximum absolute atomic E-state index is 12.5. The van der Waals surface area contributed by atoms with Gasteiger partial charge in [0, 0.05) is 34.8 Å². The minimum Gasteiger partial charge on any atom is -0.351 e. The van der Waals surface area contributed by atoms with E-state index in [4.69, 9.17) is 0 Å². The molecule has 1 amide bonds. The van der Waals surface area contributed by atoms with Crippen LogP contribution in [0.3, 0.4) is 0 Å². The van der Waals surface area contributed by atoms with E-state index in [9.17, 15) is 14.9 Å². The summed E-state index contributed by atoms with van der Waals surface area (Å²) in [5.74, 6) is -0.0976. The maximum atomic E-state index is 12.5. The summed E-state index contributed by atoms with van der Waals surface area (Å²) in [5.41, 5.74) is 3.88. The number of aromatic nitrogens is 2. The zero-order chi connectivity index (χ0) is 21.0. The number of nitro benzene ring substituents is 1. The molecule has 29 heavy (non-hydrogen) atoms. The number of carbonyl (C=O) groups is 1. The van der Waals surface area contributed by atoms with Gasteiger partial charge in [0.1, 0.15) is 0 Å². The molecule has 0 fully saturated rings. The predicted molar refractivity (Wildman–Crippen MR) is 113 cm³/mol. The average molecular weight is 410 g/mol. The standard InChI is InChI=1S/C21H22N4O3S/c1-14-20(15(2)24(23-14)17-7-5-4-6-8-17)13-22-21(26)16(3)29-19-11-9-18(10-12-19)25(27)28/h4-12,16H,13H2,1-3H3,(H,22,26)/t16-/m0/s1. The second-order valence-corrected chi connectivity index (χ2v) is 8.04. The van der Waals surface area contributed by atoms with Crippen molar-refractivity contribution in [3.8, 4) is 5.69 Å². The number of benzene rings is 2. The Kier molecular flexibility index (Phi) is 6.33. The Balaban J connectivity index is 1.63. The fourth-order valence-electron chi connectivity index (χ4n) is 2.97. The van der Waals surface area contributed by atoms with Gasteiger partial charge >= 0.3 is 0 Å². The topological polar surface area (TPSA) is 90.1 Å². The highest BCUT2D eigenvalue weighted by Crippen LogP contribution is 2.25. The summed E-state index contributed by atoms with van der Waals surface area (Å²) >= 11 is 1.36. The van der Waals surface area contributed by atoms with Crippen LogP contribution < -0.4 is 5.32 Å². The monoisotopic (exact) mass is 410 g/mol. The normalized spacial score (nSPS) is 11.8. The van der Waals surface area contributed by atoms with Crippen molar-refractivity contribution in [2.75, 3.05) is 0 Å². The van der Waals surface area contributed by atoms with Crippen molar-refractivity contribution in [3.63, 3.8) is 0 Å². The molecule has 1 atom stereocenters. The van der Waals surface area contributed by atoms with E-state index < -0.39 is 4.92 Å². The van der Waals surface area contributed by atoms with E-state index in [1.807, 2.05) is 55.8 Å². The van der Waals surface area contributed by atoms with Gasteiger partial charge in [-0.15, -0.1) is 11.8 Å². The van der Waals surface area contributed by atoms with E-state index in [0.717, 1.165) is 27.5 Å². The number of aryl methyl sites for hydroxylation is 1. The van der Waals surface area contributed by atoms with E-state index in [0.29, 0.717) is 6.54 Å². The second-order valence-electron chi connectivity index (χ2n) is 6.63. The lowest BCUT2D eigenvalue weighted by atomic mass is 10.2. The van der Waals surface area contributed by atoms with Crippen LogP contribution in [-0.4, -0.2) is 25.9 Å². The number of nitrogens with zero attached hydrogens (tertiary/aromatic N) is 3. The first kappa shape index (κ1) is 20.6. The van der Waals surface area contributed by atoms with Gasteiger partial charge in [0.05, 0.1) is 21.6 Å². The molecule has 0 aliphatic carbocycles. The zero-order valence-corrected chi connectivity index (χ0v) is 17.3. The Morgan fingerprint density at radius 2 is 1.83 bits per heavy atom. The molecule has 0 unspecified atom stereocenters. The number of nitro groups is 1. The predicted octanol–water partition coefficient (Wildman–Crippen LogP) is 4.19. The molecule has 0 saturated heterocycles. The second kappa shape index (κ2) is 8.91. The fraction of sp³-hybridized carbons (Fsp3) is 0.238. The van der Waals surface area contributed by atoms with Gasteiger partial charge in [-0.2, -0.15) is 5.10 Å². The van der Waals surface area contributed by atoms with Gasteiger partial charge in [0.2, 0.25) is 5.91 Å². The van der Waals surface area contributed by atoms with Crippen molar-refractivity contribution in [1.82, 2.24) is 15.1 Å². The van der Waals surface area contributed by atoms with Gasteiger partial charge in [-0.25, -0.2) is 4.68 Å². The molecule has 8 heteroatoms. The van der Waals surface area contributed by atoms with E-state index in [1.54, 1.807) is 12.1 Å². The number of non-ortho nitro benzene ring substituents is 1. The van der Waals surface area contributed by atoms with Gasteiger partial charge in [-0.1, -0.05) is 18.2 Å². The summed E-state index contributed by atoms with van der Waals surface area (Å²) in [6.07, 6.45) is 0. The van der Waals surface area contributed by atoms with Crippen LogP contribution in [-0.2, 0) is 11.3 Å². The number of thioether (sulfide) groups is 1. The SMILES string of the molecule is Cc1nn(-c2ccccc2)c(C)c1CNC(=O)[C@H](C)Sc1ccc([N+](=O)[O-])cc1. The Hall–Kier alpha value is -3.13. The third-order valence-electron chi connectivity index (χ3n) is 4.61. The van der Waals surface area contributed by atoms with Gasteiger partial charge in [-0.05, 0) is 45.0 Å². The Labute approximate surface area is 173 Å². The number of hydrogen-bond donors (Lipinski definition) is 1. The first-order chi connectivity index (χ1) is 13.9. The molecule has 2 aromatic carbocycles. The number of carbonyl (C=O) groups excluding carboxylic acids is 1. The van der Waals surface area contributed by atoms with Crippen molar-refractivity contribution in [2.24, 2.45) is 0 Å². The Morgan fingerprint density at radius 1 is 1.17 bits per heavy atom.